The third kappa shape index (κ3) is 6.16. The van der Waals surface area contributed by atoms with Crippen LogP contribution in [-0.4, -0.2) is 87.1 Å². The minimum absolute atomic E-state index is 0.258. The van der Waals surface area contributed by atoms with Crippen LogP contribution >= 0.6 is 0 Å². The molecule has 4 aromatic rings. The van der Waals surface area contributed by atoms with Gasteiger partial charge in [0.15, 0.2) is 5.69 Å². The van der Waals surface area contributed by atoms with Crippen molar-refractivity contribution in [2.24, 2.45) is 0 Å². The van der Waals surface area contributed by atoms with Gasteiger partial charge in [0.25, 0.3) is 5.91 Å². The van der Waals surface area contributed by atoms with Crippen LogP contribution in [0.25, 0.3) is 22.0 Å². The van der Waals surface area contributed by atoms with Gasteiger partial charge < -0.3 is 10.2 Å². The fourth-order valence-electron chi connectivity index (χ4n) is 5.49. The number of aromatic nitrogens is 4. The zero-order valence-corrected chi connectivity index (χ0v) is 22.6. The highest BCUT2D eigenvalue weighted by Crippen LogP contribution is 2.26. The zero-order chi connectivity index (χ0) is 26.6. The molecule has 9 heteroatoms. The van der Waals surface area contributed by atoms with Crippen LogP contribution in [0.3, 0.4) is 0 Å². The number of benzene rings is 1. The Hall–Kier alpha value is -3.66. The maximum Gasteiger partial charge on any atom is 0.276 e. The molecule has 0 atom stereocenters. The van der Waals surface area contributed by atoms with Crippen LogP contribution in [0.4, 0.5) is 5.69 Å². The number of rotatable bonds is 7. The van der Waals surface area contributed by atoms with Gasteiger partial charge >= 0.3 is 0 Å². The van der Waals surface area contributed by atoms with Crippen molar-refractivity contribution in [3.8, 4) is 11.1 Å². The number of fused-ring (bicyclic) bond motifs is 1. The highest BCUT2D eigenvalue weighted by molar-refractivity contribution is 6.11. The SMILES string of the molecule is CN1CCN(Cc2cncc(-c3ccc4[nH]nc(C(=O)Nc5ccc(CN6CCCCC6)nc5)c4c3)c2)CC1. The number of piperidine rings is 1. The Morgan fingerprint density at radius 2 is 1.69 bits per heavy atom. The summed E-state index contributed by atoms with van der Waals surface area (Å²) in [6.45, 7) is 8.32. The Morgan fingerprint density at radius 3 is 2.49 bits per heavy atom. The van der Waals surface area contributed by atoms with Crippen molar-refractivity contribution < 1.29 is 4.79 Å². The van der Waals surface area contributed by atoms with Crippen LogP contribution in [0.5, 0.6) is 0 Å². The van der Waals surface area contributed by atoms with E-state index in [1.807, 2.05) is 42.7 Å². The van der Waals surface area contributed by atoms with Gasteiger partial charge in [-0.2, -0.15) is 5.10 Å². The van der Waals surface area contributed by atoms with Crippen LogP contribution in [0.15, 0.2) is 55.0 Å². The van der Waals surface area contributed by atoms with E-state index in [1.54, 1.807) is 6.20 Å². The predicted octanol–water partition coefficient (Wildman–Crippen LogP) is 4.01. The summed E-state index contributed by atoms with van der Waals surface area (Å²) < 4.78 is 0. The quantitative estimate of drug-likeness (QED) is 0.377. The average Bonchev–Trinajstić information content (AvgIpc) is 3.40. The fraction of sp³-hybridized carbons (Fsp3) is 0.400. The number of nitrogens with one attached hydrogen (secondary N) is 2. The summed E-state index contributed by atoms with van der Waals surface area (Å²) in [6, 6.07) is 12.1. The monoisotopic (exact) mass is 524 g/mol. The second-order valence-corrected chi connectivity index (χ2v) is 10.8. The smallest absolute Gasteiger partial charge is 0.276 e. The Kier molecular flexibility index (Phi) is 7.62. The molecule has 202 valence electrons. The molecule has 3 aromatic heterocycles. The molecule has 39 heavy (non-hydrogen) atoms. The van der Waals surface area contributed by atoms with Crippen LogP contribution in [-0.2, 0) is 13.1 Å². The first kappa shape index (κ1) is 25.6. The molecule has 2 aliphatic rings. The summed E-state index contributed by atoms with van der Waals surface area (Å²) in [7, 11) is 2.17. The summed E-state index contributed by atoms with van der Waals surface area (Å²) in [5.41, 5.74) is 6.10. The van der Waals surface area contributed by atoms with Gasteiger partial charge in [-0.1, -0.05) is 12.5 Å². The molecule has 0 saturated carbocycles. The summed E-state index contributed by atoms with van der Waals surface area (Å²) in [6.07, 6.45) is 9.39. The summed E-state index contributed by atoms with van der Waals surface area (Å²) >= 11 is 0. The summed E-state index contributed by atoms with van der Waals surface area (Å²) in [5, 5.41) is 11.1. The number of hydrogen-bond donors (Lipinski definition) is 2. The molecule has 2 fully saturated rings. The molecule has 0 aliphatic carbocycles. The fourth-order valence-corrected chi connectivity index (χ4v) is 5.49. The number of anilines is 1. The molecule has 2 N–H and O–H groups in total. The van der Waals surface area contributed by atoms with Gasteiger partial charge in [-0.05, 0) is 74.4 Å². The molecule has 0 unspecified atom stereocenters. The van der Waals surface area contributed by atoms with Gasteiger partial charge in [-0.3, -0.25) is 29.7 Å². The highest BCUT2D eigenvalue weighted by atomic mass is 16.1. The molecule has 1 aromatic carbocycles. The van der Waals surface area contributed by atoms with Crippen molar-refractivity contribution in [2.45, 2.75) is 32.4 Å². The van der Waals surface area contributed by atoms with Crippen molar-refractivity contribution in [3.63, 3.8) is 0 Å². The molecule has 1 amide bonds. The molecular weight excluding hydrogens is 488 g/mol. The number of nitrogens with zero attached hydrogens (tertiary/aromatic N) is 6. The van der Waals surface area contributed by atoms with E-state index in [0.717, 1.165) is 80.1 Å². The molecule has 0 radical (unpaired) electrons. The van der Waals surface area contributed by atoms with Gasteiger partial charge in [-0.15, -0.1) is 0 Å². The molecule has 2 aliphatic heterocycles. The first-order chi connectivity index (χ1) is 19.1. The topological polar surface area (TPSA) is 93.3 Å². The van der Waals surface area contributed by atoms with E-state index in [1.165, 1.54) is 24.8 Å². The van der Waals surface area contributed by atoms with E-state index in [9.17, 15) is 4.79 Å². The van der Waals surface area contributed by atoms with Crippen molar-refractivity contribution >= 4 is 22.5 Å². The largest absolute Gasteiger partial charge is 0.319 e. The van der Waals surface area contributed by atoms with Crippen molar-refractivity contribution in [1.29, 1.82) is 0 Å². The highest BCUT2D eigenvalue weighted by Gasteiger charge is 2.17. The second-order valence-electron chi connectivity index (χ2n) is 10.8. The number of pyridine rings is 2. The minimum Gasteiger partial charge on any atom is -0.319 e. The van der Waals surface area contributed by atoms with Crippen molar-refractivity contribution in [2.75, 3.05) is 51.6 Å². The number of aromatic amines is 1. The Morgan fingerprint density at radius 1 is 0.872 bits per heavy atom. The Bertz CT molecular complexity index is 1420. The molecule has 5 heterocycles. The number of H-pyrrole nitrogens is 1. The number of likely N-dealkylation sites (tertiary alicyclic amines) is 1. The maximum absolute atomic E-state index is 13.2. The van der Waals surface area contributed by atoms with E-state index in [2.05, 4.69) is 53.3 Å². The number of carbonyl (C=O) groups is 1. The average molecular weight is 525 g/mol. The van der Waals surface area contributed by atoms with E-state index in [4.69, 9.17) is 0 Å². The van der Waals surface area contributed by atoms with Gasteiger partial charge in [0, 0.05) is 62.6 Å². The normalized spacial score (nSPS) is 17.5. The lowest BCUT2D eigenvalue weighted by Gasteiger charge is -2.32. The van der Waals surface area contributed by atoms with E-state index < -0.39 is 0 Å². The Labute approximate surface area is 229 Å². The van der Waals surface area contributed by atoms with Crippen molar-refractivity contribution in [3.05, 3.63) is 71.9 Å². The molecule has 0 spiro atoms. The van der Waals surface area contributed by atoms with Gasteiger partial charge in [0.2, 0.25) is 0 Å². The summed E-state index contributed by atoms with van der Waals surface area (Å²) in [5.74, 6) is -0.258. The number of hydrogen-bond acceptors (Lipinski definition) is 7. The van der Waals surface area contributed by atoms with Crippen LogP contribution < -0.4 is 5.32 Å². The van der Waals surface area contributed by atoms with E-state index in [0.29, 0.717) is 11.4 Å². The first-order valence-electron chi connectivity index (χ1n) is 13.9. The molecule has 9 nitrogen and oxygen atoms in total. The van der Waals surface area contributed by atoms with Gasteiger partial charge in [-0.25, -0.2) is 0 Å². The lowest BCUT2D eigenvalue weighted by Crippen LogP contribution is -2.43. The van der Waals surface area contributed by atoms with Gasteiger partial charge in [0.1, 0.15) is 0 Å². The first-order valence-corrected chi connectivity index (χ1v) is 13.9. The van der Waals surface area contributed by atoms with E-state index >= 15 is 0 Å². The lowest BCUT2D eigenvalue weighted by molar-refractivity contribution is 0.102. The van der Waals surface area contributed by atoms with E-state index in [-0.39, 0.29) is 5.91 Å². The maximum atomic E-state index is 13.2. The number of amides is 1. The molecule has 2 saturated heterocycles. The minimum atomic E-state index is -0.258. The van der Waals surface area contributed by atoms with Crippen LogP contribution in [0.1, 0.15) is 41.0 Å². The number of likely N-dealkylation sites (N-methyl/N-ethyl adjacent to an activating group) is 1. The predicted molar refractivity (Wildman–Crippen MR) is 153 cm³/mol. The number of carbonyl (C=O) groups excluding carboxylic acids is 1. The third-order valence-electron chi connectivity index (χ3n) is 7.83. The molecule has 6 rings (SSSR count). The second kappa shape index (κ2) is 11.6. The lowest BCUT2D eigenvalue weighted by atomic mass is 10.0. The Balaban J connectivity index is 1.15. The van der Waals surface area contributed by atoms with Gasteiger partial charge in [0.05, 0.1) is 23.1 Å². The van der Waals surface area contributed by atoms with Crippen molar-refractivity contribution in [1.82, 2.24) is 34.9 Å². The molecule has 0 bridgehead atoms. The van der Waals surface area contributed by atoms with Crippen LogP contribution in [0, 0.1) is 0 Å². The molecular formula is C30H36N8O. The number of piperazine rings is 1. The summed E-state index contributed by atoms with van der Waals surface area (Å²) in [4.78, 5) is 29.6. The standard InChI is InChI=1S/C30H36N8O/c1-36-11-13-38(14-12-36)20-22-15-24(18-31-17-22)23-5-8-28-27(16-23)29(35-34-28)30(39)33-25-6-7-26(32-19-25)21-37-9-3-2-4-10-37/h5-8,15-19H,2-4,9-14,20-21H2,1H3,(H,33,39)(H,34,35). The van der Waals surface area contributed by atoms with Crippen LogP contribution in [0.2, 0.25) is 0 Å². The zero-order valence-electron chi connectivity index (χ0n) is 22.6. The third-order valence-corrected chi connectivity index (χ3v) is 7.83.